The van der Waals surface area contributed by atoms with Gasteiger partial charge in [0.1, 0.15) is 11.3 Å². The lowest BCUT2D eigenvalue weighted by molar-refractivity contribution is 0.343. The van der Waals surface area contributed by atoms with Crippen LogP contribution in [-0.2, 0) is 15.4 Å². The number of para-hydroxylation sites is 1. The van der Waals surface area contributed by atoms with Crippen molar-refractivity contribution in [2.75, 3.05) is 11.3 Å². The number of ether oxygens (including phenoxy) is 1. The lowest BCUT2D eigenvalue weighted by Gasteiger charge is -2.23. The van der Waals surface area contributed by atoms with Gasteiger partial charge in [-0.05, 0) is 48.2 Å². The standard InChI is InChI=1S/C21H24N2O3S/c1-5-26-18-12-13-19(15-9-8-14-22-20(15)18)27(24,25)23-17-11-7-6-10-16(17)21(2,3)4/h6-14,23H,5H2,1-4H3. The first-order valence-electron chi connectivity index (χ1n) is 8.87. The van der Waals surface area contributed by atoms with Gasteiger partial charge < -0.3 is 4.74 Å². The van der Waals surface area contributed by atoms with Crippen LogP contribution < -0.4 is 9.46 Å². The van der Waals surface area contributed by atoms with Gasteiger partial charge in [-0.15, -0.1) is 0 Å². The fourth-order valence-electron chi connectivity index (χ4n) is 3.05. The van der Waals surface area contributed by atoms with Crippen LogP contribution in [0.1, 0.15) is 33.3 Å². The number of hydrogen-bond donors (Lipinski definition) is 1. The Morgan fingerprint density at radius 2 is 1.78 bits per heavy atom. The number of pyridine rings is 1. The summed E-state index contributed by atoms with van der Waals surface area (Å²) in [6.45, 7) is 8.52. The quantitative estimate of drug-likeness (QED) is 0.690. The van der Waals surface area contributed by atoms with E-state index < -0.39 is 10.0 Å². The van der Waals surface area contributed by atoms with Crippen LogP contribution >= 0.6 is 0 Å². The Morgan fingerprint density at radius 3 is 2.48 bits per heavy atom. The summed E-state index contributed by atoms with van der Waals surface area (Å²) in [7, 11) is -3.80. The van der Waals surface area contributed by atoms with Gasteiger partial charge in [0.15, 0.2) is 0 Å². The Hall–Kier alpha value is -2.60. The van der Waals surface area contributed by atoms with E-state index in [0.717, 1.165) is 5.56 Å². The topological polar surface area (TPSA) is 68.3 Å². The van der Waals surface area contributed by atoms with Crippen molar-refractivity contribution < 1.29 is 13.2 Å². The van der Waals surface area contributed by atoms with Gasteiger partial charge >= 0.3 is 0 Å². The van der Waals surface area contributed by atoms with Gasteiger partial charge in [0, 0.05) is 11.6 Å². The Balaban J connectivity index is 2.11. The van der Waals surface area contributed by atoms with E-state index in [-0.39, 0.29) is 10.3 Å². The van der Waals surface area contributed by atoms with E-state index >= 15 is 0 Å². The summed E-state index contributed by atoms with van der Waals surface area (Å²) in [5.74, 6) is 0.571. The molecule has 3 rings (SSSR count). The van der Waals surface area contributed by atoms with Crippen molar-refractivity contribution in [1.82, 2.24) is 4.98 Å². The third-order valence-electron chi connectivity index (χ3n) is 4.26. The maximum atomic E-state index is 13.2. The van der Waals surface area contributed by atoms with Crippen LogP contribution in [-0.4, -0.2) is 20.0 Å². The van der Waals surface area contributed by atoms with E-state index in [1.165, 1.54) is 0 Å². The number of rotatable bonds is 5. The van der Waals surface area contributed by atoms with Crippen molar-refractivity contribution >= 4 is 26.6 Å². The second-order valence-corrected chi connectivity index (χ2v) is 8.95. The summed E-state index contributed by atoms with van der Waals surface area (Å²) in [6, 6.07) is 14.2. The van der Waals surface area contributed by atoms with Gasteiger partial charge in [-0.25, -0.2) is 8.42 Å². The Bertz CT molecular complexity index is 1070. The molecule has 27 heavy (non-hydrogen) atoms. The largest absolute Gasteiger partial charge is 0.492 e. The van der Waals surface area contributed by atoms with Crippen molar-refractivity contribution in [3.05, 3.63) is 60.3 Å². The van der Waals surface area contributed by atoms with E-state index in [4.69, 9.17) is 4.74 Å². The number of sulfonamides is 1. The molecular weight excluding hydrogens is 360 g/mol. The molecule has 0 atom stereocenters. The monoisotopic (exact) mass is 384 g/mol. The van der Waals surface area contributed by atoms with Gasteiger partial charge in [0.25, 0.3) is 10.0 Å². The van der Waals surface area contributed by atoms with Gasteiger partial charge in [-0.1, -0.05) is 39.0 Å². The molecule has 1 N–H and O–H groups in total. The van der Waals surface area contributed by atoms with Crippen molar-refractivity contribution in [2.45, 2.75) is 38.0 Å². The molecule has 0 amide bonds. The molecule has 3 aromatic rings. The van der Waals surface area contributed by atoms with E-state index in [1.807, 2.05) is 25.1 Å². The molecule has 0 saturated carbocycles. The molecule has 6 heteroatoms. The number of nitrogens with zero attached hydrogens (tertiary/aromatic N) is 1. The zero-order valence-corrected chi connectivity index (χ0v) is 16.8. The molecule has 0 spiro atoms. The Morgan fingerprint density at radius 1 is 1.04 bits per heavy atom. The SMILES string of the molecule is CCOc1ccc(S(=O)(=O)Nc2ccccc2C(C)(C)C)c2cccnc12. The fraction of sp³-hybridized carbons (Fsp3) is 0.286. The fourth-order valence-corrected chi connectivity index (χ4v) is 4.33. The molecule has 142 valence electrons. The van der Waals surface area contributed by atoms with Crippen molar-refractivity contribution in [3.8, 4) is 5.75 Å². The summed E-state index contributed by atoms with van der Waals surface area (Å²) in [5.41, 5.74) is 1.85. The average Bonchev–Trinajstić information content (AvgIpc) is 2.61. The molecule has 5 nitrogen and oxygen atoms in total. The van der Waals surface area contributed by atoms with Gasteiger partial charge in [0.2, 0.25) is 0 Å². The van der Waals surface area contributed by atoms with Gasteiger partial charge in [-0.3, -0.25) is 9.71 Å². The molecule has 1 heterocycles. The van der Waals surface area contributed by atoms with E-state index in [0.29, 0.717) is 28.9 Å². The highest BCUT2D eigenvalue weighted by Crippen LogP contribution is 2.33. The molecule has 0 radical (unpaired) electrons. The van der Waals surface area contributed by atoms with Crippen LogP contribution in [0.4, 0.5) is 5.69 Å². The van der Waals surface area contributed by atoms with Crippen molar-refractivity contribution in [3.63, 3.8) is 0 Å². The zero-order chi connectivity index (χ0) is 19.7. The minimum Gasteiger partial charge on any atom is -0.492 e. The lowest BCUT2D eigenvalue weighted by Crippen LogP contribution is -2.19. The number of benzene rings is 2. The third-order valence-corrected chi connectivity index (χ3v) is 5.69. The number of hydrogen-bond acceptors (Lipinski definition) is 4. The molecule has 0 aliphatic rings. The first-order chi connectivity index (χ1) is 12.7. The predicted molar refractivity (Wildman–Crippen MR) is 109 cm³/mol. The Labute approximate surface area is 160 Å². The lowest BCUT2D eigenvalue weighted by atomic mass is 9.86. The number of aromatic nitrogens is 1. The summed E-state index contributed by atoms with van der Waals surface area (Å²) < 4.78 is 34.7. The summed E-state index contributed by atoms with van der Waals surface area (Å²) in [4.78, 5) is 4.50. The molecule has 0 unspecified atom stereocenters. The maximum absolute atomic E-state index is 13.2. The summed E-state index contributed by atoms with van der Waals surface area (Å²) in [5, 5.41) is 0.532. The number of nitrogens with one attached hydrogen (secondary N) is 1. The maximum Gasteiger partial charge on any atom is 0.262 e. The summed E-state index contributed by atoms with van der Waals surface area (Å²) in [6.07, 6.45) is 1.63. The van der Waals surface area contributed by atoms with Crippen LogP contribution in [0.3, 0.4) is 0 Å². The third kappa shape index (κ3) is 3.90. The average molecular weight is 385 g/mol. The van der Waals surface area contributed by atoms with Crippen LogP contribution in [0.25, 0.3) is 10.9 Å². The number of fused-ring (bicyclic) bond motifs is 1. The van der Waals surface area contributed by atoms with Gasteiger partial charge in [-0.2, -0.15) is 0 Å². The van der Waals surface area contributed by atoms with E-state index in [9.17, 15) is 8.42 Å². The van der Waals surface area contributed by atoms with E-state index in [1.54, 1.807) is 36.5 Å². The summed E-state index contributed by atoms with van der Waals surface area (Å²) >= 11 is 0. The van der Waals surface area contributed by atoms with Crippen molar-refractivity contribution in [1.29, 1.82) is 0 Å². The minimum atomic E-state index is -3.80. The molecular formula is C21H24N2O3S. The molecule has 2 aromatic carbocycles. The number of anilines is 1. The molecule has 0 saturated heterocycles. The first-order valence-corrected chi connectivity index (χ1v) is 10.3. The second kappa shape index (κ2) is 7.19. The van der Waals surface area contributed by atoms with E-state index in [2.05, 4.69) is 30.5 Å². The smallest absolute Gasteiger partial charge is 0.262 e. The first kappa shape index (κ1) is 19.2. The molecule has 0 bridgehead atoms. The van der Waals surface area contributed by atoms with Crippen LogP contribution in [0.5, 0.6) is 5.75 Å². The normalized spacial score (nSPS) is 12.1. The molecule has 0 aliphatic carbocycles. The van der Waals surface area contributed by atoms with Crippen molar-refractivity contribution in [2.24, 2.45) is 0 Å². The highest BCUT2D eigenvalue weighted by molar-refractivity contribution is 7.93. The highest BCUT2D eigenvalue weighted by Gasteiger charge is 2.24. The minimum absolute atomic E-state index is 0.178. The van der Waals surface area contributed by atoms with Crippen LogP contribution in [0, 0.1) is 0 Å². The molecule has 0 aliphatic heterocycles. The van der Waals surface area contributed by atoms with Crippen LogP contribution in [0.15, 0.2) is 59.6 Å². The molecule has 0 fully saturated rings. The predicted octanol–water partition coefficient (Wildman–Crippen LogP) is 4.73. The van der Waals surface area contributed by atoms with Crippen LogP contribution in [0.2, 0.25) is 0 Å². The zero-order valence-electron chi connectivity index (χ0n) is 16.0. The van der Waals surface area contributed by atoms with Gasteiger partial charge in [0.05, 0.1) is 17.2 Å². The second-order valence-electron chi connectivity index (χ2n) is 7.30. The Kier molecular flexibility index (Phi) is 5.11. The highest BCUT2D eigenvalue weighted by atomic mass is 32.2. The molecule has 1 aromatic heterocycles.